The van der Waals surface area contributed by atoms with Crippen LogP contribution in [0.3, 0.4) is 0 Å². The highest BCUT2D eigenvalue weighted by Crippen LogP contribution is 2.17. The molecule has 0 fully saturated rings. The van der Waals surface area contributed by atoms with Crippen molar-refractivity contribution in [1.82, 2.24) is 0 Å². The van der Waals surface area contributed by atoms with Crippen LogP contribution in [0.1, 0.15) is 13.3 Å². The molecule has 14 heavy (non-hydrogen) atoms. The van der Waals surface area contributed by atoms with Gasteiger partial charge in [-0.15, -0.1) is 0 Å². The maximum atomic E-state index is 6.14. The zero-order valence-corrected chi connectivity index (χ0v) is 14.0. The Morgan fingerprint density at radius 2 is 1.57 bits per heavy atom. The lowest BCUT2D eigenvalue weighted by Crippen LogP contribution is -2.47. The molecule has 0 aliphatic rings. The highest BCUT2D eigenvalue weighted by Gasteiger charge is 2.32. The molecule has 0 amide bonds. The summed E-state index contributed by atoms with van der Waals surface area (Å²) in [7, 11) is -4.20. The van der Waals surface area contributed by atoms with E-state index < -0.39 is 25.9 Å². The summed E-state index contributed by atoms with van der Waals surface area (Å²) in [4.78, 5) is 0. The van der Waals surface area contributed by atoms with Gasteiger partial charge in [0, 0.05) is 0 Å². The van der Waals surface area contributed by atoms with Crippen molar-refractivity contribution >= 4 is 25.9 Å². The van der Waals surface area contributed by atoms with Crippen LogP contribution in [0.2, 0.25) is 45.3 Å². The van der Waals surface area contributed by atoms with Crippen molar-refractivity contribution in [3.63, 3.8) is 0 Å². The molecule has 0 aromatic carbocycles. The largest absolute Gasteiger partial charge is 0.439 e. The summed E-state index contributed by atoms with van der Waals surface area (Å²) in [5, 5.41) is 0. The summed E-state index contributed by atoms with van der Waals surface area (Å²) in [6, 6.07) is 1.27. The zero-order chi connectivity index (χ0) is 11.4. The van der Waals surface area contributed by atoms with Crippen LogP contribution in [0.4, 0.5) is 0 Å². The van der Waals surface area contributed by atoms with E-state index in [1.807, 2.05) is 0 Å². The molecule has 5 heteroatoms. The second-order valence-electron chi connectivity index (χ2n) is 5.33. The van der Waals surface area contributed by atoms with E-state index in [-0.39, 0.29) is 0 Å². The third-order valence-corrected chi connectivity index (χ3v) is 11.4. The molecule has 1 unspecified atom stereocenters. The van der Waals surface area contributed by atoms with E-state index in [4.69, 9.17) is 8.23 Å². The van der Waals surface area contributed by atoms with E-state index in [9.17, 15) is 0 Å². The predicted octanol–water partition coefficient (Wildman–Crippen LogP) is 3.32. The van der Waals surface area contributed by atoms with Gasteiger partial charge in [0.2, 0.25) is 0 Å². The average Bonchev–Trinajstić information content (AvgIpc) is 1.78. The third kappa shape index (κ3) is 7.93. The first-order valence-electron chi connectivity index (χ1n) is 5.54. The molecule has 0 saturated carbocycles. The minimum atomic E-state index is -1.82. The molecule has 0 bridgehead atoms. The first-order chi connectivity index (χ1) is 6.16. The lowest BCUT2D eigenvalue weighted by Gasteiger charge is -2.33. The molecular weight excluding hydrogens is 224 g/mol. The van der Waals surface area contributed by atoms with Gasteiger partial charge in [0.25, 0.3) is 0 Å². The summed E-state index contributed by atoms with van der Waals surface area (Å²) < 4.78 is 12.3. The van der Waals surface area contributed by atoms with Gasteiger partial charge in [0.15, 0.2) is 17.4 Å². The van der Waals surface area contributed by atoms with Crippen molar-refractivity contribution in [2.24, 2.45) is 0 Å². The lowest BCUT2D eigenvalue weighted by molar-refractivity contribution is 0.401. The predicted molar refractivity (Wildman–Crippen MR) is 71.1 cm³/mol. The minimum absolute atomic E-state index is 0.958. The Morgan fingerprint density at radius 1 is 1.07 bits per heavy atom. The van der Waals surface area contributed by atoms with E-state index in [0.29, 0.717) is 0 Å². The molecule has 0 aromatic heterocycles. The van der Waals surface area contributed by atoms with Crippen LogP contribution in [0, 0.1) is 0 Å². The molecule has 86 valence electrons. The fourth-order valence-corrected chi connectivity index (χ4v) is 13.4. The molecular formula is C9H26O2Si3. The normalized spacial score (nSPS) is 15.6. The number of hydrogen-bond acceptors (Lipinski definition) is 2. The summed E-state index contributed by atoms with van der Waals surface area (Å²) in [5.74, 6) is 0. The zero-order valence-electron chi connectivity index (χ0n) is 10.8. The molecule has 0 spiro atoms. The Balaban J connectivity index is 4.06. The van der Waals surface area contributed by atoms with Gasteiger partial charge >= 0.3 is 8.56 Å². The van der Waals surface area contributed by atoms with Gasteiger partial charge in [-0.05, 0) is 45.3 Å². The SMILES string of the molecule is CCC[SiH](C)O[Si](C)(C)O[Si](C)(C)C. The molecule has 1 atom stereocenters. The number of hydrogen-bond donors (Lipinski definition) is 0. The van der Waals surface area contributed by atoms with Crippen molar-refractivity contribution in [1.29, 1.82) is 0 Å². The van der Waals surface area contributed by atoms with Gasteiger partial charge in [0.05, 0.1) is 0 Å². The molecule has 0 heterocycles. The highest BCUT2D eigenvalue weighted by atomic mass is 28.5. The Morgan fingerprint density at radius 3 is 1.93 bits per heavy atom. The van der Waals surface area contributed by atoms with Gasteiger partial charge in [-0.3, -0.25) is 0 Å². The molecule has 0 aliphatic heterocycles. The van der Waals surface area contributed by atoms with Gasteiger partial charge in [-0.1, -0.05) is 13.3 Å². The second kappa shape index (κ2) is 5.60. The quantitative estimate of drug-likeness (QED) is 0.673. The first-order valence-corrected chi connectivity index (χ1v) is 14.2. The minimum Gasteiger partial charge on any atom is -0.439 e. The van der Waals surface area contributed by atoms with Crippen LogP contribution >= 0.6 is 0 Å². The lowest BCUT2D eigenvalue weighted by atomic mass is 10.6. The van der Waals surface area contributed by atoms with Gasteiger partial charge in [-0.25, -0.2) is 0 Å². The fourth-order valence-electron chi connectivity index (χ4n) is 1.71. The standard InChI is InChI=1S/C9H26O2Si3/c1-8-9-12(2)10-14(6,7)11-13(3,4)5/h12H,8-9H2,1-7H3. The van der Waals surface area contributed by atoms with Crippen LogP contribution in [0.15, 0.2) is 0 Å². The molecule has 0 aliphatic carbocycles. The van der Waals surface area contributed by atoms with Crippen LogP contribution in [-0.4, -0.2) is 25.9 Å². The topological polar surface area (TPSA) is 18.5 Å². The molecule has 2 nitrogen and oxygen atoms in total. The van der Waals surface area contributed by atoms with Crippen molar-refractivity contribution in [3.05, 3.63) is 0 Å². The van der Waals surface area contributed by atoms with Crippen LogP contribution in [-0.2, 0) is 8.23 Å². The van der Waals surface area contributed by atoms with Crippen LogP contribution in [0.5, 0.6) is 0 Å². The summed E-state index contributed by atoms with van der Waals surface area (Å²) in [6.45, 7) is 15.6. The maximum absolute atomic E-state index is 6.14. The van der Waals surface area contributed by atoms with E-state index in [1.165, 1.54) is 12.5 Å². The Kier molecular flexibility index (Phi) is 5.83. The van der Waals surface area contributed by atoms with E-state index in [2.05, 4.69) is 46.2 Å². The van der Waals surface area contributed by atoms with Crippen molar-refractivity contribution in [2.75, 3.05) is 0 Å². The highest BCUT2D eigenvalue weighted by molar-refractivity contribution is 6.84. The second-order valence-corrected chi connectivity index (χ2v) is 16.3. The monoisotopic (exact) mass is 250 g/mol. The van der Waals surface area contributed by atoms with Gasteiger partial charge < -0.3 is 8.23 Å². The Bertz CT molecular complexity index is 166. The first kappa shape index (κ1) is 14.6. The molecule has 0 radical (unpaired) electrons. The van der Waals surface area contributed by atoms with Gasteiger partial charge in [-0.2, -0.15) is 0 Å². The fraction of sp³-hybridized carbons (Fsp3) is 1.00. The van der Waals surface area contributed by atoms with Crippen molar-refractivity contribution in [3.8, 4) is 0 Å². The average molecular weight is 251 g/mol. The molecule has 0 rings (SSSR count). The van der Waals surface area contributed by atoms with E-state index >= 15 is 0 Å². The van der Waals surface area contributed by atoms with Crippen molar-refractivity contribution in [2.45, 2.75) is 58.7 Å². The summed E-state index contributed by atoms with van der Waals surface area (Å²) >= 11 is 0. The molecule has 0 aromatic rings. The van der Waals surface area contributed by atoms with E-state index in [1.54, 1.807) is 0 Å². The van der Waals surface area contributed by atoms with Crippen LogP contribution < -0.4 is 0 Å². The Labute approximate surface area is 93.1 Å². The molecule has 0 saturated heterocycles. The maximum Gasteiger partial charge on any atom is 0.310 e. The smallest absolute Gasteiger partial charge is 0.310 e. The summed E-state index contributed by atoms with van der Waals surface area (Å²) in [5.41, 5.74) is 0. The van der Waals surface area contributed by atoms with Gasteiger partial charge in [0.1, 0.15) is 0 Å². The van der Waals surface area contributed by atoms with Crippen molar-refractivity contribution < 1.29 is 8.23 Å². The Hall–Kier alpha value is 0.571. The third-order valence-electron chi connectivity index (χ3n) is 1.73. The number of rotatable bonds is 6. The summed E-state index contributed by atoms with van der Waals surface area (Å²) in [6.07, 6.45) is 1.24. The van der Waals surface area contributed by atoms with E-state index in [0.717, 1.165) is 0 Å². The van der Waals surface area contributed by atoms with Crippen LogP contribution in [0.25, 0.3) is 0 Å². The molecule has 0 N–H and O–H groups in total.